The molecule has 1 aromatic heterocycles. The lowest BCUT2D eigenvalue weighted by Crippen LogP contribution is -2.10. The molecular formula is C21H21BrN4S. The summed E-state index contributed by atoms with van der Waals surface area (Å²) in [7, 11) is 0. The molecule has 0 aliphatic carbocycles. The largest absolute Gasteiger partial charge is 0.250 e. The molecule has 0 aliphatic rings. The van der Waals surface area contributed by atoms with Crippen LogP contribution in [0.1, 0.15) is 31.9 Å². The average Bonchev–Trinajstić information content (AvgIpc) is 3.01. The van der Waals surface area contributed by atoms with Gasteiger partial charge in [0.1, 0.15) is 0 Å². The summed E-state index contributed by atoms with van der Waals surface area (Å²) in [6.07, 6.45) is 3.70. The molecule has 0 atom stereocenters. The van der Waals surface area contributed by atoms with Crippen molar-refractivity contribution >= 4 is 40.4 Å². The predicted octanol–water partition coefficient (Wildman–Crippen LogP) is 6.18. The molecule has 0 aliphatic heterocycles. The van der Waals surface area contributed by atoms with Gasteiger partial charge in [-0.2, -0.15) is 14.9 Å². The number of benzene rings is 2. The molecule has 6 heteroatoms. The topological polar surface area (TPSA) is 46.0 Å². The zero-order chi connectivity index (χ0) is 19.4. The van der Waals surface area contributed by atoms with Crippen molar-refractivity contribution in [1.82, 2.24) is 14.9 Å². The van der Waals surface area contributed by atoms with Crippen LogP contribution >= 0.6 is 28.1 Å². The Bertz CT molecular complexity index is 1020. The van der Waals surface area contributed by atoms with E-state index in [0.29, 0.717) is 10.6 Å². The first-order chi connectivity index (χ1) is 12.8. The van der Waals surface area contributed by atoms with Gasteiger partial charge in [0.05, 0.1) is 6.21 Å². The fraction of sp³-hybridized carbons (Fsp3) is 0.190. The summed E-state index contributed by atoms with van der Waals surface area (Å²) in [5, 5.41) is 11.6. The van der Waals surface area contributed by atoms with Gasteiger partial charge in [0.2, 0.25) is 4.77 Å². The van der Waals surface area contributed by atoms with Gasteiger partial charge in [0.15, 0.2) is 5.82 Å². The Morgan fingerprint density at radius 1 is 1.11 bits per heavy atom. The second-order valence-corrected chi connectivity index (χ2v) is 8.48. The molecule has 3 aromatic rings. The van der Waals surface area contributed by atoms with E-state index in [9.17, 15) is 0 Å². The molecule has 0 fully saturated rings. The summed E-state index contributed by atoms with van der Waals surface area (Å²) < 4.78 is 2.91. The highest BCUT2D eigenvalue weighted by Crippen LogP contribution is 2.25. The second kappa shape index (κ2) is 8.15. The van der Waals surface area contributed by atoms with Gasteiger partial charge < -0.3 is 0 Å². The van der Waals surface area contributed by atoms with Crippen molar-refractivity contribution in [2.24, 2.45) is 5.10 Å². The van der Waals surface area contributed by atoms with Crippen molar-refractivity contribution in [3.8, 4) is 11.4 Å². The Kier molecular flexibility index (Phi) is 5.87. The number of nitrogens with zero attached hydrogens (tertiary/aromatic N) is 3. The third-order valence-corrected chi connectivity index (χ3v) is 4.76. The molecule has 27 heavy (non-hydrogen) atoms. The zero-order valence-electron chi connectivity index (χ0n) is 15.5. The maximum absolute atomic E-state index is 5.34. The second-order valence-electron chi connectivity index (χ2n) is 7.18. The Hall–Kier alpha value is -2.31. The highest BCUT2D eigenvalue weighted by Gasteiger charge is 2.14. The molecule has 4 nitrogen and oxygen atoms in total. The van der Waals surface area contributed by atoms with Crippen LogP contribution in [-0.2, 0) is 5.41 Å². The Balaban J connectivity index is 1.89. The number of hydrogen-bond acceptors (Lipinski definition) is 3. The van der Waals surface area contributed by atoms with Crippen LogP contribution in [-0.4, -0.2) is 21.1 Å². The van der Waals surface area contributed by atoms with Crippen LogP contribution in [0.3, 0.4) is 0 Å². The number of aromatic nitrogens is 3. The third-order valence-electron chi connectivity index (χ3n) is 4.06. The molecule has 2 aromatic carbocycles. The number of allylic oxidation sites excluding steroid dienone is 1. The minimum absolute atomic E-state index is 0.106. The van der Waals surface area contributed by atoms with Crippen molar-refractivity contribution < 1.29 is 0 Å². The standard InChI is InChI=1S/C21H21BrN4S/c1-21(2,3)17-11-9-16(10-12-17)19-24-25-20(27)26(19)23-14-18(22)13-15-7-5-4-6-8-15/h4-14H,1-3H3,(H,25,27)/b18-13-,23-14+. The third kappa shape index (κ3) is 4.90. The van der Waals surface area contributed by atoms with Crippen molar-refractivity contribution in [3.05, 3.63) is 75.0 Å². The van der Waals surface area contributed by atoms with E-state index in [2.05, 4.69) is 64.1 Å². The number of nitrogens with one attached hydrogen (secondary N) is 1. The molecular weight excluding hydrogens is 420 g/mol. The van der Waals surface area contributed by atoms with Crippen LogP contribution in [0.15, 0.2) is 64.2 Å². The lowest BCUT2D eigenvalue weighted by atomic mass is 9.87. The van der Waals surface area contributed by atoms with Crippen molar-refractivity contribution in [1.29, 1.82) is 0 Å². The van der Waals surface area contributed by atoms with E-state index in [4.69, 9.17) is 12.2 Å². The molecule has 0 bridgehead atoms. The summed E-state index contributed by atoms with van der Waals surface area (Å²) in [6.45, 7) is 6.58. The van der Waals surface area contributed by atoms with Gasteiger partial charge in [-0.05, 0) is 50.8 Å². The monoisotopic (exact) mass is 440 g/mol. The minimum Gasteiger partial charge on any atom is -0.250 e. The van der Waals surface area contributed by atoms with Gasteiger partial charge >= 0.3 is 0 Å². The lowest BCUT2D eigenvalue weighted by molar-refractivity contribution is 0.590. The van der Waals surface area contributed by atoms with Gasteiger partial charge in [-0.15, -0.1) is 0 Å². The molecule has 0 unspecified atom stereocenters. The number of aromatic amines is 1. The quantitative estimate of drug-likeness (QED) is 0.389. The maximum Gasteiger partial charge on any atom is 0.216 e. The summed E-state index contributed by atoms with van der Waals surface area (Å²) in [6, 6.07) is 18.4. The number of halogens is 1. The first-order valence-corrected chi connectivity index (χ1v) is 9.80. The first kappa shape index (κ1) is 19.5. The highest BCUT2D eigenvalue weighted by atomic mass is 79.9. The summed E-state index contributed by atoms with van der Waals surface area (Å²) in [5.74, 6) is 0.678. The van der Waals surface area contributed by atoms with Gasteiger partial charge in [0, 0.05) is 10.0 Å². The average molecular weight is 441 g/mol. The normalized spacial score (nSPS) is 12.7. The van der Waals surface area contributed by atoms with Gasteiger partial charge in [-0.25, -0.2) is 5.10 Å². The maximum atomic E-state index is 5.34. The van der Waals surface area contributed by atoms with E-state index in [0.717, 1.165) is 15.6 Å². The molecule has 0 radical (unpaired) electrons. The van der Waals surface area contributed by atoms with E-state index in [1.165, 1.54) is 5.56 Å². The van der Waals surface area contributed by atoms with Crippen molar-refractivity contribution in [3.63, 3.8) is 0 Å². The summed E-state index contributed by atoms with van der Waals surface area (Å²) >= 11 is 8.87. The van der Waals surface area contributed by atoms with E-state index in [1.54, 1.807) is 10.9 Å². The van der Waals surface area contributed by atoms with Crippen molar-refractivity contribution in [2.75, 3.05) is 0 Å². The SMILES string of the molecule is CC(C)(C)c1ccc(-c2n[nH]c(=S)n2/N=C/C(Br)=C/c2ccccc2)cc1. The fourth-order valence-electron chi connectivity index (χ4n) is 2.56. The fourth-order valence-corrected chi connectivity index (χ4v) is 3.10. The molecule has 0 saturated carbocycles. The van der Waals surface area contributed by atoms with E-state index in [-0.39, 0.29) is 5.41 Å². The Morgan fingerprint density at radius 3 is 2.41 bits per heavy atom. The molecule has 1 N–H and O–H groups in total. The zero-order valence-corrected chi connectivity index (χ0v) is 17.9. The van der Waals surface area contributed by atoms with Crippen LogP contribution < -0.4 is 0 Å². The van der Waals surface area contributed by atoms with Crippen LogP contribution in [0.5, 0.6) is 0 Å². The molecule has 1 heterocycles. The Morgan fingerprint density at radius 2 is 1.78 bits per heavy atom. The molecule has 0 amide bonds. The van der Waals surface area contributed by atoms with E-state index in [1.807, 2.05) is 48.5 Å². The van der Waals surface area contributed by atoms with Crippen molar-refractivity contribution in [2.45, 2.75) is 26.2 Å². The number of hydrogen-bond donors (Lipinski definition) is 1. The van der Waals surface area contributed by atoms with Crippen LogP contribution in [0.4, 0.5) is 0 Å². The molecule has 3 rings (SSSR count). The first-order valence-electron chi connectivity index (χ1n) is 8.59. The smallest absolute Gasteiger partial charge is 0.216 e. The van der Waals surface area contributed by atoms with Crippen LogP contribution in [0.2, 0.25) is 0 Å². The van der Waals surface area contributed by atoms with Crippen LogP contribution in [0, 0.1) is 4.77 Å². The number of H-pyrrole nitrogens is 1. The van der Waals surface area contributed by atoms with Crippen LogP contribution in [0.25, 0.3) is 17.5 Å². The highest BCUT2D eigenvalue weighted by molar-refractivity contribution is 9.12. The van der Waals surface area contributed by atoms with E-state index < -0.39 is 0 Å². The summed E-state index contributed by atoms with van der Waals surface area (Å²) in [5.41, 5.74) is 3.42. The lowest BCUT2D eigenvalue weighted by Gasteiger charge is -2.18. The number of rotatable bonds is 4. The van der Waals surface area contributed by atoms with E-state index >= 15 is 0 Å². The van der Waals surface area contributed by atoms with Gasteiger partial charge in [-0.1, -0.05) is 75.4 Å². The Labute approximate surface area is 172 Å². The molecule has 0 spiro atoms. The minimum atomic E-state index is 0.106. The molecule has 0 saturated heterocycles. The summed E-state index contributed by atoms with van der Waals surface area (Å²) in [4.78, 5) is 0. The molecule has 138 valence electrons. The van der Waals surface area contributed by atoms with Gasteiger partial charge in [-0.3, -0.25) is 0 Å². The van der Waals surface area contributed by atoms with Gasteiger partial charge in [0.25, 0.3) is 0 Å². The predicted molar refractivity (Wildman–Crippen MR) is 119 cm³/mol.